The van der Waals surface area contributed by atoms with Gasteiger partial charge in [-0.3, -0.25) is 4.79 Å². The molecular formula is C13H17NO3. The Hall–Kier alpha value is -1.71. The highest BCUT2D eigenvalue weighted by Gasteiger charge is 2.43. The van der Waals surface area contributed by atoms with Crippen molar-refractivity contribution < 1.29 is 14.6 Å². The fourth-order valence-corrected chi connectivity index (χ4v) is 1.77. The summed E-state index contributed by atoms with van der Waals surface area (Å²) in [6.45, 7) is 3.93. The molecule has 1 aliphatic carbocycles. The summed E-state index contributed by atoms with van der Waals surface area (Å²) in [5, 5.41) is 12.1. The van der Waals surface area contributed by atoms with Crippen molar-refractivity contribution in [2.45, 2.75) is 32.4 Å². The van der Waals surface area contributed by atoms with E-state index in [9.17, 15) is 4.79 Å². The zero-order valence-corrected chi connectivity index (χ0v) is 10.0. The Morgan fingerprint density at radius 1 is 1.47 bits per heavy atom. The Morgan fingerprint density at radius 2 is 2.18 bits per heavy atom. The van der Waals surface area contributed by atoms with Crippen molar-refractivity contribution in [2.24, 2.45) is 5.92 Å². The van der Waals surface area contributed by atoms with Crippen LogP contribution in [0.15, 0.2) is 24.3 Å². The smallest absolute Gasteiger partial charge is 0.308 e. The molecule has 1 aliphatic rings. The number of hydrogen-bond donors (Lipinski definition) is 2. The summed E-state index contributed by atoms with van der Waals surface area (Å²) in [6.07, 6.45) is 0.790. The van der Waals surface area contributed by atoms with Crippen molar-refractivity contribution in [3.8, 4) is 5.75 Å². The lowest BCUT2D eigenvalue weighted by atomic mass is 10.2. The molecule has 2 N–H and O–H groups in total. The molecule has 2 rings (SSSR count). The summed E-state index contributed by atoms with van der Waals surface area (Å²) in [6, 6.07) is 7.65. The third-order valence-electron chi connectivity index (χ3n) is 2.70. The van der Waals surface area contributed by atoms with E-state index in [1.165, 1.54) is 0 Å². The second-order valence-corrected chi connectivity index (χ2v) is 4.59. The van der Waals surface area contributed by atoms with E-state index in [0.717, 1.165) is 11.4 Å². The van der Waals surface area contributed by atoms with Crippen molar-refractivity contribution in [2.75, 3.05) is 5.32 Å². The van der Waals surface area contributed by atoms with Gasteiger partial charge in [0.1, 0.15) is 5.75 Å². The molecule has 2 atom stereocenters. The van der Waals surface area contributed by atoms with Crippen LogP contribution < -0.4 is 10.1 Å². The quantitative estimate of drug-likeness (QED) is 0.822. The minimum atomic E-state index is -0.732. The van der Waals surface area contributed by atoms with Gasteiger partial charge in [-0.25, -0.2) is 0 Å². The van der Waals surface area contributed by atoms with Gasteiger partial charge in [-0.1, -0.05) is 12.1 Å². The molecule has 0 bridgehead atoms. The van der Waals surface area contributed by atoms with E-state index < -0.39 is 5.97 Å². The molecular weight excluding hydrogens is 218 g/mol. The van der Waals surface area contributed by atoms with Crippen LogP contribution >= 0.6 is 0 Å². The lowest BCUT2D eigenvalue weighted by Gasteiger charge is -2.15. The molecule has 0 amide bonds. The van der Waals surface area contributed by atoms with E-state index >= 15 is 0 Å². The first-order valence-electron chi connectivity index (χ1n) is 5.83. The SMILES string of the molecule is CC(C)Oc1ccccc1NC1CC1C(=O)O. The lowest BCUT2D eigenvalue weighted by molar-refractivity contribution is -0.138. The molecule has 0 spiro atoms. The Balaban J connectivity index is 2.03. The molecule has 17 heavy (non-hydrogen) atoms. The molecule has 4 nitrogen and oxygen atoms in total. The molecule has 2 unspecified atom stereocenters. The molecule has 0 radical (unpaired) electrons. The van der Waals surface area contributed by atoms with Crippen LogP contribution in [-0.4, -0.2) is 23.2 Å². The number of anilines is 1. The summed E-state index contributed by atoms with van der Waals surface area (Å²) >= 11 is 0. The van der Waals surface area contributed by atoms with E-state index in [4.69, 9.17) is 9.84 Å². The highest BCUT2D eigenvalue weighted by Crippen LogP contribution is 2.36. The number of nitrogens with one attached hydrogen (secondary N) is 1. The topological polar surface area (TPSA) is 58.6 Å². The Kier molecular flexibility index (Phi) is 3.22. The summed E-state index contributed by atoms with van der Waals surface area (Å²) in [5.41, 5.74) is 0.870. The monoisotopic (exact) mass is 235 g/mol. The molecule has 0 heterocycles. The summed E-state index contributed by atoms with van der Waals surface area (Å²) in [4.78, 5) is 10.8. The van der Waals surface area contributed by atoms with Crippen molar-refractivity contribution in [3.63, 3.8) is 0 Å². The number of carbonyl (C=O) groups is 1. The number of benzene rings is 1. The first kappa shape index (κ1) is 11.8. The van der Waals surface area contributed by atoms with E-state index in [0.29, 0.717) is 6.42 Å². The lowest BCUT2D eigenvalue weighted by Crippen LogP contribution is -2.12. The average Bonchev–Trinajstić information content (AvgIpc) is 2.99. The van der Waals surface area contributed by atoms with Crippen LogP contribution in [0, 0.1) is 5.92 Å². The zero-order chi connectivity index (χ0) is 12.4. The average molecular weight is 235 g/mol. The van der Waals surface area contributed by atoms with E-state index in [2.05, 4.69) is 5.32 Å². The molecule has 92 valence electrons. The first-order chi connectivity index (χ1) is 8.08. The van der Waals surface area contributed by atoms with Gasteiger partial charge < -0.3 is 15.2 Å². The standard InChI is InChI=1S/C13H17NO3/c1-8(2)17-12-6-4-3-5-10(12)14-11-7-9(11)13(15)16/h3-6,8-9,11,14H,7H2,1-2H3,(H,15,16). The summed E-state index contributed by atoms with van der Waals surface area (Å²) in [7, 11) is 0. The summed E-state index contributed by atoms with van der Waals surface area (Å²) < 4.78 is 5.66. The van der Waals surface area contributed by atoms with E-state index in [1.54, 1.807) is 0 Å². The first-order valence-corrected chi connectivity index (χ1v) is 5.83. The molecule has 0 aromatic heterocycles. The van der Waals surface area contributed by atoms with Gasteiger partial charge in [-0.05, 0) is 32.4 Å². The number of ether oxygens (including phenoxy) is 1. The van der Waals surface area contributed by atoms with Gasteiger partial charge in [0.25, 0.3) is 0 Å². The molecule has 1 fully saturated rings. The van der Waals surface area contributed by atoms with Crippen molar-refractivity contribution in [1.82, 2.24) is 0 Å². The zero-order valence-electron chi connectivity index (χ0n) is 10.0. The number of para-hydroxylation sites is 2. The van der Waals surface area contributed by atoms with E-state index in [-0.39, 0.29) is 18.1 Å². The molecule has 1 aromatic carbocycles. The highest BCUT2D eigenvalue weighted by molar-refractivity contribution is 5.76. The maximum atomic E-state index is 10.8. The maximum absolute atomic E-state index is 10.8. The number of carboxylic acids is 1. The minimum absolute atomic E-state index is 0.0319. The van der Waals surface area contributed by atoms with Crippen molar-refractivity contribution in [1.29, 1.82) is 0 Å². The van der Waals surface area contributed by atoms with Gasteiger partial charge in [0, 0.05) is 6.04 Å². The van der Waals surface area contributed by atoms with Gasteiger partial charge in [-0.2, -0.15) is 0 Å². The summed E-state index contributed by atoms with van der Waals surface area (Å²) in [5.74, 6) is -0.217. The molecule has 0 aliphatic heterocycles. The van der Waals surface area contributed by atoms with Crippen LogP contribution in [0.1, 0.15) is 20.3 Å². The largest absolute Gasteiger partial charge is 0.489 e. The van der Waals surface area contributed by atoms with Crippen LogP contribution in [0.4, 0.5) is 5.69 Å². The minimum Gasteiger partial charge on any atom is -0.489 e. The number of carboxylic acid groups (broad SMARTS) is 1. The van der Waals surface area contributed by atoms with Crippen molar-refractivity contribution >= 4 is 11.7 Å². The fourth-order valence-electron chi connectivity index (χ4n) is 1.77. The van der Waals surface area contributed by atoms with Gasteiger partial charge in [0.05, 0.1) is 17.7 Å². The van der Waals surface area contributed by atoms with Gasteiger partial charge in [0.2, 0.25) is 0 Å². The van der Waals surface area contributed by atoms with Crippen LogP contribution in [0.5, 0.6) is 5.75 Å². The van der Waals surface area contributed by atoms with Crippen LogP contribution in [0.2, 0.25) is 0 Å². The molecule has 1 saturated carbocycles. The Labute approximate surface area is 101 Å². The predicted octanol–water partition coefficient (Wildman–Crippen LogP) is 2.36. The number of hydrogen-bond acceptors (Lipinski definition) is 3. The van der Waals surface area contributed by atoms with Crippen LogP contribution in [0.25, 0.3) is 0 Å². The maximum Gasteiger partial charge on any atom is 0.308 e. The second kappa shape index (κ2) is 4.65. The molecule has 4 heteroatoms. The molecule has 0 saturated heterocycles. The van der Waals surface area contributed by atoms with Gasteiger partial charge >= 0.3 is 5.97 Å². The van der Waals surface area contributed by atoms with Crippen LogP contribution in [0.3, 0.4) is 0 Å². The fraction of sp³-hybridized carbons (Fsp3) is 0.462. The third kappa shape index (κ3) is 2.90. The predicted molar refractivity (Wildman–Crippen MR) is 65.4 cm³/mol. The van der Waals surface area contributed by atoms with Gasteiger partial charge in [0.15, 0.2) is 0 Å². The highest BCUT2D eigenvalue weighted by atomic mass is 16.5. The second-order valence-electron chi connectivity index (χ2n) is 4.59. The van der Waals surface area contributed by atoms with Crippen molar-refractivity contribution in [3.05, 3.63) is 24.3 Å². The number of aliphatic carboxylic acids is 1. The third-order valence-corrected chi connectivity index (χ3v) is 2.70. The Morgan fingerprint density at radius 3 is 2.76 bits per heavy atom. The Bertz CT molecular complexity index is 417. The van der Waals surface area contributed by atoms with Crippen LogP contribution in [-0.2, 0) is 4.79 Å². The van der Waals surface area contributed by atoms with E-state index in [1.807, 2.05) is 38.1 Å². The number of rotatable bonds is 5. The normalized spacial score (nSPS) is 22.3. The molecule has 1 aromatic rings. The van der Waals surface area contributed by atoms with Gasteiger partial charge in [-0.15, -0.1) is 0 Å².